The molecule has 8 heteroatoms. The van der Waals surface area contributed by atoms with Crippen LogP contribution in [0.2, 0.25) is 0 Å². The van der Waals surface area contributed by atoms with Crippen LogP contribution in [0.1, 0.15) is 43.2 Å². The van der Waals surface area contributed by atoms with Gasteiger partial charge in [0.25, 0.3) is 11.7 Å². The number of aliphatic hydroxyl groups is 1. The van der Waals surface area contributed by atoms with Gasteiger partial charge in [-0.15, -0.1) is 0 Å². The van der Waals surface area contributed by atoms with Crippen molar-refractivity contribution in [3.05, 3.63) is 83.6 Å². The molecule has 34 heavy (non-hydrogen) atoms. The lowest BCUT2D eigenvalue weighted by Gasteiger charge is -2.25. The van der Waals surface area contributed by atoms with Crippen LogP contribution in [0.25, 0.3) is 5.76 Å². The summed E-state index contributed by atoms with van der Waals surface area (Å²) < 4.78 is 17.0. The fraction of sp³-hybridized carbons (Fsp3) is 0.269. The van der Waals surface area contributed by atoms with Crippen LogP contribution in [0, 0.1) is 0 Å². The lowest BCUT2D eigenvalue weighted by atomic mass is 9.95. The maximum atomic E-state index is 13.2. The molecule has 3 heterocycles. The van der Waals surface area contributed by atoms with Gasteiger partial charge in [-0.25, -0.2) is 0 Å². The van der Waals surface area contributed by atoms with E-state index in [1.165, 1.54) is 23.6 Å². The highest BCUT2D eigenvalue weighted by Crippen LogP contribution is 2.42. The molecule has 176 valence electrons. The molecule has 1 aliphatic rings. The highest BCUT2D eigenvalue weighted by atomic mass is 16.5. The van der Waals surface area contributed by atoms with Gasteiger partial charge < -0.3 is 23.9 Å². The third kappa shape index (κ3) is 4.52. The van der Waals surface area contributed by atoms with E-state index in [1.54, 1.807) is 42.5 Å². The second kappa shape index (κ2) is 10.2. The number of carbonyl (C=O) groups excluding carboxylic acids is 2. The van der Waals surface area contributed by atoms with Crippen molar-refractivity contribution in [1.82, 2.24) is 9.88 Å². The van der Waals surface area contributed by atoms with E-state index in [4.69, 9.17) is 13.9 Å². The van der Waals surface area contributed by atoms with E-state index in [-0.39, 0.29) is 17.9 Å². The summed E-state index contributed by atoms with van der Waals surface area (Å²) in [4.78, 5) is 31.6. The van der Waals surface area contributed by atoms with Gasteiger partial charge in [-0.05, 0) is 55.3 Å². The summed E-state index contributed by atoms with van der Waals surface area (Å²) in [5.74, 6) is -0.164. The van der Waals surface area contributed by atoms with Gasteiger partial charge in [-0.3, -0.25) is 14.6 Å². The molecule has 1 atom stereocenters. The normalized spacial score (nSPS) is 17.2. The Bertz CT molecular complexity index is 1190. The predicted octanol–water partition coefficient (Wildman–Crippen LogP) is 4.48. The minimum absolute atomic E-state index is 0.00701. The van der Waals surface area contributed by atoms with E-state index in [2.05, 4.69) is 4.98 Å². The molecule has 0 bridgehead atoms. The number of amides is 1. The Morgan fingerprint density at radius 1 is 1.09 bits per heavy atom. The van der Waals surface area contributed by atoms with E-state index < -0.39 is 17.7 Å². The number of hydrogen-bond donors (Lipinski definition) is 1. The van der Waals surface area contributed by atoms with Gasteiger partial charge in [0.05, 0.1) is 37.6 Å². The molecule has 0 saturated carbocycles. The van der Waals surface area contributed by atoms with E-state index in [0.717, 1.165) is 6.42 Å². The van der Waals surface area contributed by atoms with Crippen molar-refractivity contribution in [1.29, 1.82) is 0 Å². The maximum absolute atomic E-state index is 13.2. The molecule has 4 rings (SSSR count). The van der Waals surface area contributed by atoms with Gasteiger partial charge in [0.2, 0.25) is 0 Å². The number of rotatable bonds is 9. The molecule has 0 aliphatic carbocycles. The van der Waals surface area contributed by atoms with E-state index in [1.807, 2.05) is 13.8 Å². The number of Topliss-reactive ketones (excluding diaryl/α,β-unsaturated/α-hetero) is 1. The van der Waals surface area contributed by atoms with Gasteiger partial charge in [-0.2, -0.15) is 0 Å². The monoisotopic (exact) mass is 462 g/mol. The molecular formula is C26H26N2O6. The van der Waals surface area contributed by atoms with E-state index in [9.17, 15) is 14.7 Å². The van der Waals surface area contributed by atoms with E-state index in [0.29, 0.717) is 41.6 Å². The Labute approximate surface area is 197 Å². The lowest BCUT2D eigenvalue weighted by molar-refractivity contribution is -0.140. The summed E-state index contributed by atoms with van der Waals surface area (Å²) in [5.41, 5.74) is 0.991. The zero-order chi connectivity index (χ0) is 24.1. The summed E-state index contributed by atoms with van der Waals surface area (Å²) in [6, 6.07) is 11.0. The standard InChI is InChI=1S/C26H26N2O6/c1-3-13-34-20-8-7-18(15-21(20)32-4-2)23-22(24(29)17-9-11-27-12-10-17)25(30)26(31)28(23)16-19-6-5-14-33-19/h5-12,14-15,23,29H,3-4,13,16H2,1-2H3/b24-22+. The highest BCUT2D eigenvalue weighted by molar-refractivity contribution is 6.46. The molecule has 1 fully saturated rings. The van der Waals surface area contributed by atoms with Crippen molar-refractivity contribution in [3.8, 4) is 11.5 Å². The van der Waals surface area contributed by atoms with Crippen LogP contribution in [-0.4, -0.2) is 39.9 Å². The van der Waals surface area contributed by atoms with Crippen LogP contribution in [-0.2, 0) is 16.1 Å². The fourth-order valence-electron chi connectivity index (χ4n) is 3.92. The molecule has 3 aromatic rings. The number of pyridine rings is 1. The Morgan fingerprint density at radius 2 is 1.88 bits per heavy atom. The summed E-state index contributed by atoms with van der Waals surface area (Å²) in [5, 5.41) is 11.1. The van der Waals surface area contributed by atoms with Crippen LogP contribution in [0.4, 0.5) is 0 Å². The Balaban J connectivity index is 1.85. The van der Waals surface area contributed by atoms with Crippen molar-refractivity contribution in [3.63, 3.8) is 0 Å². The Kier molecular flexibility index (Phi) is 6.96. The van der Waals surface area contributed by atoms with Crippen molar-refractivity contribution in [2.24, 2.45) is 0 Å². The number of furan rings is 1. The van der Waals surface area contributed by atoms with E-state index >= 15 is 0 Å². The second-order valence-corrected chi connectivity index (χ2v) is 7.73. The number of nitrogens with zero attached hydrogens (tertiary/aromatic N) is 2. The van der Waals surface area contributed by atoms with Gasteiger partial charge >= 0.3 is 0 Å². The van der Waals surface area contributed by atoms with Crippen LogP contribution in [0.15, 0.2) is 71.1 Å². The quantitative estimate of drug-likeness (QED) is 0.284. The number of carbonyl (C=O) groups is 2. The summed E-state index contributed by atoms with van der Waals surface area (Å²) in [7, 11) is 0. The van der Waals surface area contributed by atoms with Crippen LogP contribution < -0.4 is 9.47 Å². The maximum Gasteiger partial charge on any atom is 0.296 e. The first-order valence-electron chi connectivity index (χ1n) is 11.2. The first kappa shape index (κ1) is 23.1. The molecule has 1 unspecified atom stereocenters. The Morgan fingerprint density at radius 3 is 2.56 bits per heavy atom. The Hall–Kier alpha value is -4.07. The number of aliphatic hydroxyl groups excluding tert-OH is 1. The van der Waals surface area contributed by atoms with Gasteiger partial charge in [0.1, 0.15) is 11.5 Å². The molecule has 1 saturated heterocycles. The minimum atomic E-state index is -0.849. The summed E-state index contributed by atoms with van der Waals surface area (Å²) >= 11 is 0. The summed E-state index contributed by atoms with van der Waals surface area (Å²) in [6.07, 6.45) is 5.36. The van der Waals surface area contributed by atoms with Crippen molar-refractivity contribution >= 4 is 17.4 Å². The zero-order valence-electron chi connectivity index (χ0n) is 19.1. The SMILES string of the molecule is CCCOc1ccc(C2/C(=C(\O)c3ccncc3)C(=O)C(=O)N2Cc2ccco2)cc1OCC. The number of benzene rings is 1. The molecule has 1 amide bonds. The number of ether oxygens (including phenoxy) is 2. The highest BCUT2D eigenvalue weighted by Gasteiger charge is 2.46. The molecular weight excluding hydrogens is 436 g/mol. The average molecular weight is 463 g/mol. The first-order chi connectivity index (χ1) is 16.5. The molecule has 8 nitrogen and oxygen atoms in total. The molecule has 2 aromatic heterocycles. The number of aromatic nitrogens is 1. The fourth-order valence-corrected chi connectivity index (χ4v) is 3.92. The van der Waals surface area contributed by atoms with Crippen LogP contribution in [0.3, 0.4) is 0 Å². The molecule has 1 aliphatic heterocycles. The largest absolute Gasteiger partial charge is 0.507 e. The number of likely N-dealkylation sites (tertiary alicyclic amines) is 1. The van der Waals surface area contributed by atoms with Crippen LogP contribution in [0.5, 0.6) is 11.5 Å². The van der Waals surface area contributed by atoms with Crippen molar-refractivity contribution in [2.45, 2.75) is 32.9 Å². The van der Waals surface area contributed by atoms with Crippen LogP contribution >= 0.6 is 0 Å². The molecule has 0 radical (unpaired) electrons. The smallest absolute Gasteiger partial charge is 0.296 e. The summed E-state index contributed by atoms with van der Waals surface area (Å²) in [6.45, 7) is 4.88. The minimum Gasteiger partial charge on any atom is -0.507 e. The van der Waals surface area contributed by atoms with Gasteiger partial charge in [0, 0.05) is 18.0 Å². The number of hydrogen-bond acceptors (Lipinski definition) is 7. The predicted molar refractivity (Wildman–Crippen MR) is 124 cm³/mol. The second-order valence-electron chi connectivity index (χ2n) is 7.73. The zero-order valence-corrected chi connectivity index (χ0v) is 19.1. The first-order valence-corrected chi connectivity index (χ1v) is 11.2. The van der Waals surface area contributed by atoms with Gasteiger partial charge in [0.15, 0.2) is 11.5 Å². The average Bonchev–Trinajstić information content (AvgIpc) is 3.46. The molecule has 1 N–H and O–H groups in total. The third-order valence-corrected chi connectivity index (χ3v) is 5.45. The lowest BCUT2D eigenvalue weighted by Crippen LogP contribution is -2.29. The number of ketones is 1. The molecule has 0 spiro atoms. The van der Waals surface area contributed by atoms with Crippen molar-refractivity contribution < 1.29 is 28.6 Å². The van der Waals surface area contributed by atoms with Crippen molar-refractivity contribution in [2.75, 3.05) is 13.2 Å². The topological polar surface area (TPSA) is 102 Å². The van der Waals surface area contributed by atoms with Gasteiger partial charge in [-0.1, -0.05) is 13.0 Å². The molecule has 1 aromatic carbocycles. The third-order valence-electron chi connectivity index (χ3n) is 5.45.